The highest BCUT2D eigenvalue weighted by Crippen LogP contribution is 2.27. The fourth-order valence-corrected chi connectivity index (χ4v) is 4.24. The second-order valence-electron chi connectivity index (χ2n) is 7.56. The quantitative estimate of drug-likeness (QED) is 0.378. The van der Waals surface area contributed by atoms with Crippen LogP contribution in [0.3, 0.4) is 0 Å². The number of aromatic nitrogens is 5. The van der Waals surface area contributed by atoms with E-state index in [-0.39, 0.29) is 18.2 Å². The van der Waals surface area contributed by atoms with Gasteiger partial charge in [0.05, 0.1) is 28.5 Å². The number of carbonyl (C=O) groups excluding carboxylic acids is 1. The summed E-state index contributed by atoms with van der Waals surface area (Å²) in [5, 5.41) is 6.82. The number of esters is 1. The zero-order valence-corrected chi connectivity index (χ0v) is 18.2. The molecule has 4 aromatic heterocycles. The van der Waals surface area contributed by atoms with Gasteiger partial charge in [-0.05, 0) is 19.9 Å². The predicted octanol–water partition coefficient (Wildman–Crippen LogP) is 4.11. The van der Waals surface area contributed by atoms with Gasteiger partial charge in [0, 0.05) is 29.2 Å². The molecule has 0 aliphatic rings. The topological polar surface area (TPSA) is 91.4 Å². The van der Waals surface area contributed by atoms with Crippen molar-refractivity contribution in [2.45, 2.75) is 26.5 Å². The molecule has 0 N–H and O–H groups in total. The summed E-state index contributed by atoms with van der Waals surface area (Å²) < 4.78 is 8.79. The number of thiazole rings is 1. The van der Waals surface area contributed by atoms with Crippen molar-refractivity contribution in [3.05, 3.63) is 81.8 Å². The number of fused-ring (bicyclic) bond motifs is 2. The summed E-state index contributed by atoms with van der Waals surface area (Å²) in [7, 11) is 0. The van der Waals surface area contributed by atoms with Crippen LogP contribution in [0.1, 0.15) is 35.9 Å². The Balaban J connectivity index is 1.52. The Morgan fingerprint density at radius 1 is 1.16 bits per heavy atom. The van der Waals surface area contributed by atoms with E-state index in [2.05, 4.69) is 10.1 Å². The fourth-order valence-electron chi connectivity index (χ4n) is 3.50. The van der Waals surface area contributed by atoms with Crippen LogP contribution in [0.25, 0.3) is 27.3 Å². The largest absolute Gasteiger partial charge is 0.456 e. The standard InChI is InChI=1S/C23H19N5O3S/c1-14(2)28-21-18(12-24-28)17(11-19(26-21)15-6-4-3-5-7-15)22(30)31-13-16-10-20(29)27-8-9-32-23(27)25-16/h3-12,14H,13H2,1-2H3. The number of benzene rings is 1. The molecule has 0 saturated carbocycles. The van der Waals surface area contributed by atoms with E-state index in [1.54, 1.807) is 28.5 Å². The Bertz CT molecular complexity index is 1500. The summed E-state index contributed by atoms with van der Waals surface area (Å²) >= 11 is 1.35. The number of carbonyl (C=O) groups is 1. The van der Waals surface area contributed by atoms with Crippen LogP contribution in [0, 0.1) is 0 Å². The molecule has 4 heterocycles. The zero-order chi connectivity index (χ0) is 22.2. The molecule has 5 rings (SSSR count). The second-order valence-corrected chi connectivity index (χ2v) is 8.43. The number of hydrogen-bond donors (Lipinski definition) is 0. The fraction of sp³-hybridized carbons (Fsp3) is 0.174. The van der Waals surface area contributed by atoms with Gasteiger partial charge in [-0.2, -0.15) is 5.10 Å². The SMILES string of the molecule is CC(C)n1ncc2c(C(=O)OCc3cc(=O)n4ccsc4n3)cc(-c3ccccc3)nc21. The monoisotopic (exact) mass is 445 g/mol. The molecule has 0 spiro atoms. The number of hydrogen-bond acceptors (Lipinski definition) is 7. The molecule has 160 valence electrons. The number of pyridine rings is 1. The lowest BCUT2D eigenvalue weighted by Crippen LogP contribution is -2.15. The molecule has 9 heteroatoms. The van der Waals surface area contributed by atoms with Crippen molar-refractivity contribution in [2.75, 3.05) is 0 Å². The van der Waals surface area contributed by atoms with E-state index in [9.17, 15) is 9.59 Å². The maximum absolute atomic E-state index is 13.1. The van der Waals surface area contributed by atoms with Gasteiger partial charge in [-0.3, -0.25) is 9.20 Å². The molecule has 0 radical (unpaired) electrons. The van der Waals surface area contributed by atoms with Crippen LogP contribution in [-0.4, -0.2) is 30.1 Å². The lowest BCUT2D eigenvalue weighted by atomic mass is 10.1. The molecule has 0 aliphatic carbocycles. The van der Waals surface area contributed by atoms with Gasteiger partial charge in [-0.15, -0.1) is 11.3 Å². The number of ether oxygens (including phenoxy) is 1. The van der Waals surface area contributed by atoms with Gasteiger partial charge in [0.15, 0.2) is 10.6 Å². The molecular formula is C23H19N5O3S. The van der Waals surface area contributed by atoms with Crippen molar-refractivity contribution < 1.29 is 9.53 Å². The minimum Gasteiger partial charge on any atom is -0.456 e. The Labute approximate surface area is 186 Å². The third kappa shape index (κ3) is 3.56. The molecule has 0 unspecified atom stereocenters. The molecule has 0 saturated heterocycles. The first kappa shape index (κ1) is 20.1. The highest BCUT2D eigenvalue weighted by Gasteiger charge is 2.20. The van der Waals surface area contributed by atoms with Crippen molar-refractivity contribution in [2.24, 2.45) is 0 Å². The molecular weight excluding hydrogens is 426 g/mol. The van der Waals surface area contributed by atoms with E-state index in [4.69, 9.17) is 9.72 Å². The Hall–Kier alpha value is -3.85. The summed E-state index contributed by atoms with van der Waals surface area (Å²) in [5.41, 5.74) is 2.72. The molecule has 8 nitrogen and oxygen atoms in total. The van der Waals surface area contributed by atoms with Gasteiger partial charge in [-0.1, -0.05) is 30.3 Å². The Morgan fingerprint density at radius 2 is 1.97 bits per heavy atom. The van der Waals surface area contributed by atoms with Crippen molar-refractivity contribution in [1.29, 1.82) is 0 Å². The molecule has 0 fully saturated rings. The highest BCUT2D eigenvalue weighted by molar-refractivity contribution is 7.15. The summed E-state index contributed by atoms with van der Waals surface area (Å²) in [6.07, 6.45) is 3.30. The molecule has 0 amide bonds. The van der Waals surface area contributed by atoms with E-state index in [0.29, 0.717) is 32.9 Å². The lowest BCUT2D eigenvalue weighted by molar-refractivity contribution is 0.0470. The van der Waals surface area contributed by atoms with Gasteiger partial charge >= 0.3 is 5.97 Å². The Kier molecular flexibility index (Phi) is 5.02. The van der Waals surface area contributed by atoms with Crippen LogP contribution in [-0.2, 0) is 11.3 Å². The molecule has 32 heavy (non-hydrogen) atoms. The van der Waals surface area contributed by atoms with Crippen LogP contribution in [0.2, 0.25) is 0 Å². The lowest BCUT2D eigenvalue weighted by Gasteiger charge is -2.11. The summed E-state index contributed by atoms with van der Waals surface area (Å²) in [4.78, 5) is 35.0. The van der Waals surface area contributed by atoms with Gasteiger partial charge in [0.25, 0.3) is 5.56 Å². The van der Waals surface area contributed by atoms with Crippen LogP contribution >= 0.6 is 11.3 Å². The van der Waals surface area contributed by atoms with E-state index < -0.39 is 5.97 Å². The summed E-state index contributed by atoms with van der Waals surface area (Å²) in [6.45, 7) is 3.91. The zero-order valence-electron chi connectivity index (χ0n) is 17.4. The average molecular weight is 446 g/mol. The van der Waals surface area contributed by atoms with Crippen molar-refractivity contribution >= 4 is 33.3 Å². The average Bonchev–Trinajstić information content (AvgIpc) is 3.44. The maximum atomic E-state index is 13.1. The minimum absolute atomic E-state index is 0.0737. The first-order valence-electron chi connectivity index (χ1n) is 10.1. The van der Waals surface area contributed by atoms with Gasteiger partial charge in [0.2, 0.25) is 0 Å². The summed E-state index contributed by atoms with van der Waals surface area (Å²) in [5.74, 6) is -0.522. The number of nitrogens with zero attached hydrogens (tertiary/aromatic N) is 5. The van der Waals surface area contributed by atoms with Gasteiger partial charge < -0.3 is 4.74 Å². The molecule has 0 aliphatic heterocycles. The van der Waals surface area contributed by atoms with Crippen LogP contribution in [0.4, 0.5) is 0 Å². The second kappa shape index (κ2) is 8.01. The van der Waals surface area contributed by atoms with Crippen molar-refractivity contribution in [3.8, 4) is 11.3 Å². The van der Waals surface area contributed by atoms with Gasteiger partial charge in [0.1, 0.15) is 6.61 Å². The highest BCUT2D eigenvalue weighted by atomic mass is 32.1. The normalized spacial score (nSPS) is 11.5. The third-order valence-corrected chi connectivity index (χ3v) is 5.81. The van der Waals surface area contributed by atoms with Crippen LogP contribution < -0.4 is 5.56 Å². The smallest absolute Gasteiger partial charge is 0.339 e. The van der Waals surface area contributed by atoms with E-state index in [0.717, 1.165) is 5.56 Å². The molecule has 1 aromatic carbocycles. The summed E-state index contributed by atoms with van der Waals surface area (Å²) in [6, 6.07) is 12.8. The van der Waals surface area contributed by atoms with E-state index in [1.165, 1.54) is 21.8 Å². The van der Waals surface area contributed by atoms with Gasteiger partial charge in [-0.25, -0.2) is 19.4 Å². The van der Waals surface area contributed by atoms with Crippen LogP contribution in [0.15, 0.2) is 65.0 Å². The molecule has 5 aromatic rings. The predicted molar refractivity (Wildman–Crippen MR) is 122 cm³/mol. The first-order valence-corrected chi connectivity index (χ1v) is 11.0. The van der Waals surface area contributed by atoms with E-state index in [1.807, 2.05) is 44.2 Å². The molecule has 0 bridgehead atoms. The van der Waals surface area contributed by atoms with Crippen molar-refractivity contribution in [3.63, 3.8) is 0 Å². The first-order chi connectivity index (χ1) is 15.5. The van der Waals surface area contributed by atoms with Crippen molar-refractivity contribution in [1.82, 2.24) is 24.1 Å². The molecule has 0 atom stereocenters. The van der Waals surface area contributed by atoms with Crippen LogP contribution in [0.5, 0.6) is 0 Å². The number of rotatable bonds is 5. The van der Waals surface area contributed by atoms with E-state index >= 15 is 0 Å². The third-order valence-electron chi connectivity index (χ3n) is 5.05. The maximum Gasteiger partial charge on any atom is 0.339 e. The Morgan fingerprint density at radius 3 is 2.75 bits per heavy atom. The minimum atomic E-state index is -0.522.